The van der Waals surface area contributed by atoms with Crippen LogP contribution in [-0.4, -0.2) is 24.1 Å². The molecule has 0 spiro atoms. The largest absolute Gasteiger partial charge is 0.311 e. The molecule has 0 saturated heterocycles. The summed E-state index contributed by atoms with van der Waals surface area (Å²) in [5.74, 6) is -0.350. The molecule has 3 rings (SSSR count). The fourth-order valence-electron chi connectivity index (χ4n) is 2.48. The van der Waals surface area contributed by atoms with Gasteiger partial charge in [0, 0.05) is 18.7 Å². The maximum Gasteiger partial charge on any atom is 0.261 e. The van der Waals surface area contributed by atoms with Crippen molar-refractivity contribution in [2.45, 2.75) is 18.7 Å². The van der Waals surface area contributed by atoms with Gasteiger partial charge in [0.2, 0.25) is 5.91 Å². The zero-order chi connectivity index (χ0) is 19.6. The van der Waals surface area contributed by atoms with E-state index in [9.17, 15) is 17.6 Å². The summed E-state index contributed by atoms with van der Waals surface area (Å²) in [6.45, 7) is 3.19. The second kappa shape index (κ2) is 7.20. The number of hydrogen-bond acceptors (Lipinski definition) is 4. The molecule has 0 aliphatic rings. The maximum absolute atomic E-state index is 13.3. The molecule has 0 saturated carbocycles. The molecule has 0 fully saturated rings. The van der Waals surface area contributed by atoms with Crippen LogP contribution in [0.3, 0.4) is 0 Å². The van der Waals surface area contributed by atoms with E-state index in [1.807, 2.05) is 0 Å². The maximum atomic E-state index is 13.3. The molecule has 7 nitrogen and oxygen atoms in total. The van der Waals surface area contributed by atoms with Gasteiger partial charge in [-0.2, -0.15) is 5.10 Å². The predicted octanol–water partition coefficient (Wildman–Crippen LogP) is 3.08. The second-order valence-corrected chi connectivity index (χ2v) is 7.56. The number of rotatable bonds is 5. The van der Waals surface area contributed by atoms with E-state index in [0.717, 1.165) is 11.8 Å². The van der Waals surface area contributed by atoms with Crippen molar-refractivity contribution in [3.05, 3.63) is 66.1 Å². The van der Waals surface area contributed by atoms with E-state index in [-0.39, 0.29) is 10.8 Å². The zero-order valence-electron chi connectivity index (χ0n) is 14.6. The summed E-state index contributed by atoms with van der Waals surface area (Å²) in [6, 6.07) is 12.9. The summed E-state index contributed by atoms with van der Waals surface area (Å²) in [4.78, 5) is 11.2. The third-order valence-corrected chi connectivity index (χ3v) is 4.99. The number of carbonyl (C=O) groups excluding carboxylic acids is 1. The topological polar surface area (TPSA) is 93.1 Å². The van der Waals surface area contributed by atoms with Crippen LogP contribution in [0.1, 0.15) is 12.6 Å². The van der Waals surface area contributed by atoms with E-state index in [2.05, 4.69) is 15.1 Å². The smallest absolute Gasteiger partial charge is 0.261 e. The number of sulfonamides is 1. The van der Waals surface area contributed by atoms with E-state index < -0.39 is 15.8 Å². The lowest BCUT2D eigenvalue weighted by molar-refractivity contribution is -0.114. The Hall–Kier alpha value is -3.20. The summed E-state index contributed by atoms with van der Waals surface area (Å²) in [5, 5.41) is 7.00. The van der Waals surface area contributed by atoms with Crippen molar-refractivity contribution in [2.75, 3.05) is 10.0 Å². The number of aryl methyl sites for hydroxylation is 1. The van der Waals surface area contributed by atoms with Gasteiger partial charge in [-0.1, -0.05) is 6.07 Å². The highest BCUT2D eigenvalue weighted by atomic mass is 32.2. The number of nitrogens with one attached hydrogen (secondary N) is 2. The van der Waals surface area contributed by atoms with Crippen molar-refractivity contribution in [3.63, 3.8) is 0 Å². The van der Waals surface area contributed by atoms with E-state index in [4.69, 9.17) is 0 Å². The zero-order valence-corrected chi connectivity index (χ0v) is 15.4. The predicted molar refractivity (Wildman–Crippen MR) is 99.8 cm³/mol. The Morgan fingerprint density at radius 2 is 1.81 bits per heavy atom. The highest BCUT2D eigenvalue weighted by molar-refractivity contribution is 7.92. The molecule has 140 valence electrons. The van der Waals surface area contributed by atoms with Crippen molar-refractivity contribution < 1.29 is 17.6 Å². The molecular weight excluding hydrogens is 371 g/mol. The quantitative estimate of drug-likeness (QED) is 0.702. The summed E-state index contributed by atoms with van der Waals surface area (Å²) < 4.78 is 41.9. The summed E-state index contributed by atoms with van der Waals surface area (Å²) in [5.41, 5.74) is 1.67. The van der Waals surface area contributed by atoms with Gasteiger partial charge in [-0.15, -0.1) is 0 Å². The van der Waals surface area contributed by atoms with Gasteiger partial charge in [-0.05, 0) is 49.4 Å². The minimum Gasteiger partial charge on any atom is -0.311 e. The standard InChI is InChI=1S/C18H17FN4O3S/c1-12-10-18(20-13(2)24)23(21-12)16-8-6-15(7-9-16)22-27(25,26)17-5-3-4-14(19)11-17/h3-11,22H,1-2H3,(H,20,24). The second-order valence-electron chi connectivity index (χ2n) is 5.87. The SMILES string of the molecule is CC(=O)Nc1cc(C)nn1-c1ccc(NS(=O)(=O)c2cccc(F)c2)cc1. The molecule has 1 aromatic heterocycles. The first-order valence-corrected chi connectivity index (χ1v) is 9.46. The third-order valence-electron chi connectivity index (χ3n) is 3.61. The van der Waals surface area contributed by atoms with Crippen LogP contribution < -0.4 is 10.0 Å². The Kier molecular flexibility index (Phi) is 4.95. The Labute approximate surface area is 155 Å². The first-order valence-electron chi connectivity index (χ1n) is 7.98. The van der Waals surface area contributed by atoms with E-state index in [0.29, 0.717) is 17.2 Å². The van der Waals surface area contributed by atoms with Crippen LogP contribution in [0.15, 0.2) is 59.5 Å². The molecule has 0 atom stereocenters. The molecule has 0 aliphatic carbocycles. The molecule has 2 N–H and O–H groups in total. The van der Waals surface area contributed by atoms with Gasteiger partial charge in [0.05, 0.1) is 16.3 Å². The third kappa shape index (κ3) is 4.32. The first-order chi connectivity index (χ1) is 12.7. The lowest BCUT2D eigenvalue weighted by atomic mass is 10.3. The Bertz CT molecular complexity index is 1090. The van der Waals surface area contributed by atoms with Crippen molar-refractivity contribution in [2.24, 2.45) is 0 Å². The number of halogens is 1. The fourth-order valence-corrected chi connectivity index (χ4v) is 3.57. The number of hydrogen-bond donors (Lipinski definition) is 2. The van der Waals surface area contributed by atoms with Crippen LogP contribution in [0.5, 0.6) is 0 Å². The molecule has 27 heavy (non-hydrogen) atoms. The van der Waals surface area contributed by atoms with Gasteiger partial charge in [-0.3, -0.25) is 9.52 Å². The monoisotopic (exact) mass is 388 g/mol. The van der Waals surface area contributed by atoms with E-state index in [1.54, 1.807) is 41.9 Å². The van der Waals surface area contributed by atoms with Crippen LogP contribution in [0.2, 0.25) is 0 Å². The lowest BCUT2D eigenvalue weighted by Gasteiger charge is -2.10. The molecule has 0 bridgehead atoms. The van der Waals surface area contributed by atoms with Gasteiger partial charge in [0.25, 0.3) is 10.0 Å². The first kappa shape index (κ1) is 18.6. The van der Waals surface area contributed by atoms with Gasteiger partial charge >= 0.3 is 0 Å². The van der Waals surface area contributed by atoms with Crippen molar-refractivity contribution in [1.29, 1.82) is 0 Å². The molecule has 1 heterocycles. The van der Waals surface area contributed by atoms with Crippen LogP contribution in [-0.2, 0) is 14.8 Å². The van der Waals surface area contributed by atoms with Crippen molar-refractivity contribution in [1.82, 2.24) is 9.78 Å². The van der Waals surface area contributed by atoms with Gasteiger partial charge < -0.3 is 5.32 Å². The van der Waals surface area contributed by atoms with Crippen LogP contribution in [0.25, 0.3) is 5.69 Å². The molecule has 0 radical (unpaired) electrons. The summed E-state index contributed by atoms with van der Waals surface area (Å²) >= 11 is 0. The highest BCUT2D eigenvalue weighted by Gasteiger charge is 2.15. The van der Waals surface area contributed by atoms with Gasteiger partial charge in [0.15, 0.2) is 0 Å². The molecular formula is C18H17FN4O3S. The summed E-state index contributed by atoms with van der Waals surface area (Å²) in [6.07, 6.45) is 0. The number of anilines is 2. The van der Waals surface area contributed by atoms with Crippen LogP contribution in [0.4, 0.5) is 15.9 Å². The number of amides is 1. The fraction of sp³-hybridized carbons (Fsp3) is 0.111. The normalized spacial score (nSPS) is 11.2. The lowest BCUT2D eigenvalue weighted by Crippen LogP contribution is -2.13. The van der Waals surface area contributed by atoms with E-state index in [1.165, 1.54) is 25.1 Å². The Morgan fingerprint density at radius 3 is 2.44 bits per heavy atom. The van der Waals surface area contributed by atoms with E-state index >= 15 is 0 Å². The molecule has 2 aromatic carbocycles. The minimum absolute atomic E-state index is 0.165. The molecule has 3 aromatic rings. The molecule has 0 unspecified atom stereocenters. The van der Waals surface area contributed by atoms with Crippen LogP contribution in [0, 0.1) is 12.7 Å². The summed E-state index contributed by atoms with van der Waals surface area (Å²) in [7, 11) is -3.90. The van der Waals surface area contributed by atoms with Gasteiger partial charge in [-0.25, -0.2) is 17.5 Å². The number of aromatic nitrogens is 2. The Morgan fingerprint density at radius 1 is 1.11 bits per heavy atom. The number of benzene rings is 2. The molecule has 9 heteroatoms. The average molecular weight is 388 g/mol. The minimum atomic E-state index is -3.90. The molecule has 0 aliphatic heterocycles. The molecule has 1 amide bonds. The number of carbonyl (C=O) groups is 1. The number of nitrogens with zero attached hydrogens (tertiary/aromatic N) is 2. The Balaban J connectivity index is 1.85. The van der Waals surface area contributed by atoms with Crippen molar-refractivity contribution >= 4 is 27.4 Å². The highest BCUT2D eigenvalue weighted by Crippen LogP contribution is 2.21. The van der Waals surface area contributed by atoms with Crippen molar-refractivity contribution in [3.8, 4) is 5.69 Å². The average Bonchev–Trinajstić information content (AvgIpc) is 2.95. The van der Waals surface area contributed by atoms with Gasteiger partial charge in [0.1, 0.15) is 11.6 Å². The van der Waals surface area contributed by atoms with Crippen LogP contribution >= 0.6 is 0 Å².